The summed E-state index contributed by atoms with van der Waals surface area (Å²) in [4.78, 5) is 6.87. The minimum atomic E-state index is 0. The molecule has 1 aliphatic rings. The second-order valence-corrected chi connectivity index (χ2v) is 6.38. The first-order valence-electron chi connectivity index (χ1n) is 8.28. The molecule has 1 aliphatic carbocycles. The molecule has 126 valence electrons. The first-order chi connectivity index (χ1) is 9.56. The number of likely N-dealkylation sites (N-methyl/N-ethyl adjacent to an activating group) is 1. The zero-order chi connectivity index (χ0) is 15.0. The van der Waals surface area contributed by atoms with Crippen LogP contribution in [0.15, 0.2) is 4.99 Å². The third-order valence-corrected chi connectivity index (χ3v) is 3.94. The Balaban J connectivity index is 0.00000400. The number of rotatable bonds is 9. The van der Waals surface area contributed by atoms with Crippen LogP contribution in [-0.4, -0.2) is 49.6 Å². The van der Waals surface area contributed by atoms with Crippen molar-refractivity contribution in [2.24, 2.45) is 10.9 Å². The van der Waals surface area contributed by atoms with Crippen LogP contribution in [0.4, 0.5) is 0 Å². The largest absolute Gasteiger partial charge is 0.355 e. The van der Waals surface area contributed by atoms with Crippen LogP contribution in [0.25, 0.3) is 0 Å². The summed E-state index contributed by atoms with van der Waals surface area (Å²) in [5, 5.41) is 6.91. The number of aliphatic imine (C=N–C) groups is 1. The molecule has 0 saturated heterocycles. The van der Waals surface area contributed by atoms with E-state index in [1.54, 1.807) is 0 Å². The van der Waals surface area contributed by atoms with Gasteiger partial charge in [-0.1, -0.05) is 20.8 Å². The van der Waals surface area contributed by atoms with Gasteiger partial charge >= 0.3 is 0 Å². The lowest BCUT2D eigenvalue weighted by molar-refractivity contribution is 0.282. The molecule has 1 fully saturated rings. The van der Waals surface area contributed by atoms with Gasteiger partial charge in [0.05, 0.1) is 0 Å². The van der Waals surface area contributed by atoms with Gasteiger partial charge in [-0.3, -0.25) is 9.89 Å². The van der Waals surface area contributed by atoms with Crippen LogP contribution in [0.3, 0.4) is 0 Å². The summed E-state index contributed by atoms with van der Waals surface area (Å²) in [6, 6.07) is 1.33. The van der Waals surface area contributed by atoms with E-state index in [-0.39, 0.29) is 24.0 Å². The van der Waals surface area contributed by atoms with E-state index in [9.17, 15) is 0 Å². The highest BCUT2D eigenvalue weighted by molar-refractivity contribution is 14.0. The maximum absolute atomic E-state index is 4.31. The van der Waals surface area contributed by atoms with Crippen molar-refractivity contribution in [3.63, 3.8) is 0 Å². The van der Waals surface area contributed by atoms with Crippen molar-refractivity contribution >= 4 is 29.9 Å². The zero-order valence-electron chi connectivity index (χ0n) is 14.5. The molecule has 1 unspecified atom stereocenters. The van der Waals surface area contributed by atoms with Gasteiger partial charge in [-0.25, -0.2) is 0 Å². The van der Waals surface area contributed by atoms with Crippen molar-refractivity contribution in [1.82, 2.24) is 15.5 Å². The van der Waals surface area contributed by atoms with E-state index in [0.717, 1.165) is 37.6 Å². The third-order valence-electron chi connectivity index (χ3n) is 3.94. The van der Waals surface area contributed by atoms with E-state index in [1.807, 2.05) is 7.05 Å². The van der Waals surface area contributed by atoms with Crippen LogP contribution in [0.1, 0.15) is 53.4 Å². The van der Waals surface area contributed by atoms with Crippen molar-refractivity contribution in [2.75, 3.05) is 26.7 Å². The average Bonchev–Trinajstić information content (AvgIpc) is 3.24. The van der Waals surface area contributed by atoms with Gasteiger partial charge in [0, 0.05) is 32.2 Å². The Morgan fingerprint density at radius 1 is 1.24 bits per heavy atom. The van der Waals surface area contributed by atoms with Crippen molar-refractivity contribution in [1.29, 1.82) is 0 Å². The summed E-state index contributed by atoms with van der Waals surface area (Å²) < 4.78 is 0. The molecule has 1 atom stereocenters. The molecular weight excluding hydrogens is 375 g/mol. The average molecular weight is 410 g/mol. The van der Waals surface area contributed by atoms with Gasteiger partial charge in [-0.05, 0) is 45.1 Å². The van der Waals surface area contributed by atoms with Crippen molar-refractivity contribution in [3.8, 4) is 0 Å². The maximum atomic E-state index is 4.31. The van der Waals surface area contributed by atoms with E-state index in [0.29, 0.717) is 6.04 Å². The van der Waals surface area contributed by atoms with Crippen LogP contribution in [0, 0.1) is 5.92 Å². The Morgan fingerprint density at radius 2 is 1.90 bits per heavy atom. The van der Waals surface area contributed by atoms with Gasteiger partial charge < -0.3 is 10.6 Å². The summed E-state index contributed by atoms with van der Waals surface area (Å²) in [5.74, 6) is 1.71. The van der Waals surface area contributed by atoms with E-state index < -0.39 is 0 Å². The smallest absolute Gasteiger partial charge is 0.191 e. The minimum Gasteiger partial charge on any atom is -0.355 e. The Labute approximate surface area is 148 Å². The van der Waals surface area contributed by atoms with Crippen molar-refractivity contribution < 1.29 is 0 Å². The predicted molar refractivity (Wildman–Crippen MR) is 104 cm³/mol. The summed E-state index contributed by atoms with van der Waals surface area (Å²) in [7, 11) is 1.85. The quantitative estimate of drug-likeness (QED) is 0.349. The molecule has 0 aliphatic heterocycles. The van der Waals surface area contributed by atoms with Crippen molar-refractivity contribution in [3.05, 3.63) is 0 Å². The van der Waals surface area contributed by atoms with Crippen molar-refractivity contribution in [2.45, 2.75) is 65.5 Å². The molecule has 0 radical (unpaired) electrons. The van der Waals surface area contributed by atoms with Crippen LogP contribution in [0.2, 0.25) is 0 Å². The Hall–Kier alpha value is -0.0400. The Morgan fingerprint density at radius 3 is 2.38 bits per heavy atom. The van der Waals surface area contributed by atoms with Crippen LogP contribution >= 0.6 is 24.0 Å². The van der Waals surface area contributed by atoms with Gasteiger partial charge in [0.15, 0.2) is 5.96 Å². The molecular formula is C16H35IN4. The van der Waals surface area contributed by atoms with Crippen LogP contribution < -0.4 is 10.6 Å². The first-order valence-corrected chi connectivity index (χ1v) is 8.28. The second kappa shape index (κ2) is 11.5. The fraction of sp³-hybridized carbons (Fsp3) is 0.938. The molecule has 0 spiro atoms. The van der Waals surface area contributed by atoms with Gasteiger partial charge in [0.25, 0.3) is 0 Å². The molecule has 1 rings (SSSR count). The molecule has 4 nitrogen and oxygen atoms in total. The maximum Gasteiger partial charge on any atom is 0.191 e. The highest BCUT2D eigenvalue weighted by Gasteiger charge is 2.27. The highest BCUT2D eigenvalue weighted by Crippen LogP contribution is 2.25. The summed E-state index contributed by atoms with van der Waals surface area (Å²) in [5.41, 5.74) is 0. The van der Waals surface area contributed by atoms with Crippen LogP contribution in [-0.2, 0) is 0 Å². The normalized spacial score (nSPS) is 16.8. The molecule has 0 aromatic carbocycles. The summed E-state index contributed by atoms with van der Waals surface area (Å²) >= 11 is 0. The molecule has 0 aromatic rings. The summed E-state index contributed by atoms with van der Waals surface area (Å²) in [6.45, 7) is 12.3. The third kappa shape index (κ3) is 9.55. The molecule has 0 bridgehead atoms. The summed E-state index contributed by atoms with van der Waals surface area (Å²) in [6.07, 6.45) is 5.22. The van der Waals surface area contributed by atoms with E-state index in [2.05, 4.69) is 48.2 Å². The van der Waals surface area contributed by atoms with Gasteiger partial charge in [0.2, 0.25) is 0 Å². The highest BCUT2D eigenvalue weighted by atomic mass is 127. The minimum absolute atomic E-state index is 0. The van der Waals surface area contributed by atoms with E-state index in [1.165, 1.54) is 25.7 Å². The SMILES string of the molecule is CCN(CCNC(=NC)NC(C)CCC(C)C)C1CC1.I. The van der Waals surface area contributed by atoms with Gasteiger partial charge in [-0.2, -0.15) is 0 Å². The number of guanidine groups is 1. The predicted octanol–water partition coefficient (Wildman–Crippen LogP) is 3.08. The molecule has 0 amide bonds. The molecule has 0 heterocycles. The number of nitrogens with one attached hydrogen (secondary N) is 2. The zero-order valence-corrected chi connectivity index (χ0v) is 16.8. The number of halogens is 1. The molecule has 1 saturated carbocycles. The van der Waals surface area contributed by atoms with Gasteiger partial charge in [-0.15, -0.1) is 24.0 Å². The lowest BCUT2D eigenvalue weighted by Crippen LogP contribution is -2.45. The lowest BCUT2D eigenvalue weighted by Gasteiger charge is -2.22. The van der Waals surface area contributed by atoms with Gasteiger partial charge in [0.1, 0.15) is 0 Å². The first kappa shape index (κ1) is 21.0. The van der Waals surface area contributed by atoms with Crippen LogP contribution in [0.5, 0.6) is 0 Å². The molecule has 5 heteroatoms. The molecule has 2 N–H and O–H groups in total. The Kier molecular flexibility index (Phi) is 11.5. The fourth-order valence-corrected chi connectivity index (χ4v) is 2.44. The van der Waals surface area contributed by atoms with E-state index >= 15 is 0 Å². The van der Waals surface area contributed by atoms with E-state index in [4.69, 9.17) is 0 Å². The monoisotopic (exact) mass is 410 g/mol. The standard InChI is InChI=1S/C16H34N4.HI/c1-6-20(15-9-10-15)12-11-18-16(17-5)19-14(4)8-7-13(2)3;/h13-15H,6-12H2,1-5H3,(H2,17,18,19);1H. The molecule has 21 heavy (non-hydrogen) atoms. The molecule has 0 aromatic heterocycles. The number of hydrogen-bond acceptors (Lipinski definition) is 2. The second-order valence-electron chi connectivity index (χ2n) is 6.38. The lowest BCUT2D eigenvalue weighted by atomic mass is 10.0. The topological polar surface area (TPSA) is 39.7 Å². The number of nitrogens with zero attached hydrogens (tertiary/aromatic N) is 2. The fourth-order valence-electron chi connectivity index (χ4n) is 2.44. The Bertz CT molecular complexity index is 290. The number of hydrogen-bond donors (Lipinski definition) is 2.